The fourth-order valence-corrected chi connectivity index (χ4v) is 3.12. The standard InChI is InChI=1S/C19H26N4O3/c1-15-5-6-17-16(13-15)14-21-23(17)19(25)4-2-3-18(24)20-7-8-22-9-11-26-12-10-22/h5-6,13-14H,2-4,7-12H2,1H3,(H,20,24). The van der Waals surface area contributed by atoms with Crippen molar-refractivity contribution in [3.05, 3.63) is 30.0 Å². The molecule has 1 saturated heterocycles. The molecule has 7 nitrogen and oxygen atoms in total. The highest BCUT2D eigenvalue weighted by Gasteiger charge is 2.12. The van der Waals surface area contributed by atoms with Crippen molar-refractivity contribution in [2.75, 3.05) is 39.4 Å². The van der Waals surface area contributed by atoms with Crippen LogP contribution >= 0.6 is 0 Å². The third kappa shape index (κ3) is 4.89. The smallest absolute Gasteiger partial charge is 0.247 e. The summed E-state index contributed by atoms with van der Waals surface area (Å²) in [7, 11) is 0. The Morgan fingerprint density at radius 3 is 2.85 bits per heavy atom. The van der Waals surface area contributed by atoms with Gasteiger partial charge >= 0.3 is 0 Å². The quantitative estimate of drug-likeness (QED) is 0.814. The maximum atomic E-state index is 12.4. The van der Waals surface area contributed by atoms with Crippen LogP contribution in [0.4, 0.5) is 0 Å². The molecule has 1 amide bonds. The van der Waals surface area contributed by atoms with E-state index in [1.165, 1.54) is 4.68 Å². The Labute approximate surface area is 153 Å². The number of morpholine rings is 1. The molecule has 1 fully saturated rings. The molecule has 0 unspecified atom stereocenters. The molecule has 0 aliphatic carbocycles. The van der Waals surface area contributed by atoms with E-state index >= 15 is 0 Å². The van der Waals surface area contributed by atoms with E-state index in [2.05, 4.69) is 15.3 Å². The highest BCUT2D eigenvalue weighted by Crippen LogP contribution is 2.16. The van der Waals surface area contributed by atoms with Gasteiger partial charge in [-0.2, -0.15) is 5.10 Å². The van der Waals surface area contributed by atoms with Gasteiger partial charge in [-0.25, -0.2) is 4.68 Å². The first-order chi connectivity index (χ1) is 12.6. The van der Waals surface area contributed by atoms with Gasteiger partial charge in [-0.15, -0.1) is 0 Å². The van der Waals surface area contributed by atoms with Gasteiger partial charge in [-0.05, 0) is 25.5 Å². The minimum absolute atomic E-state index is 0.00740. The second-order valence-corrected chi connectivity index (χ2v) is 6.67. The highest BCUT2D eigenvalue weighted by molar-refractivity contribution is 5.91. The lowest BCUT2D eigenvalue weighted by Crippen LogP contribution is -2.41. The van der Waals surface area contributed by atoms with Crippen LogP contribution in [0.1, 0.15) is 29.6 Å². The fraction of sp³-hybridized carbons (Fsp3) is 0.526. The van der Waals surface area contributed by atoms with Crippen molar-refractivity contribution in [2.45, 2.75) is 26.2 Å². The number of carbonyl (C=O) groups excluding carboxylic acids is 2. The normalized spacial score (nSPS) is 15.3. The number of ether oxygens (including phenoxy) is 1. The molecule has 1 aliphatic rings. The molecule has 1 aromatic heterocycles. The van der Waals surface area contributed by atoms with E-state index in [4.69, 9.17) is 4.74 Å². The maximum absolute atomic E-state index is 12.4. The minimum Gasteiger partial charge on any atom is -0.379 e. The Balaban J connectivity index is 1.38. The van der Waals surface area contributed by atoms with Gasteiger partial charge in [0.25, 0.3) is 0 Å². The Morgan fingerprint density at radius 2 is 2.04 bits per heavy atom. The number of benzene rings is 1. The lowest BCUT2D eigenvalue weighted by atomic mass is 10.2. The lowest BCUT2D eigenvalue weighted by molar-refractivity contribution is -0.121. The van der Waals surface area contributed by atoms with Crippen LogP contribution in [0.15, 0.2) is 24.4 Å². The van der Waals surface area contributed by atoms with Gasteiger partial charge in [-0.3, -0.25) is 14.5 Å². The molecule has 1 aliphatic heterocycles. The number of hydrogen-bond donors (Lipinski definition) is 1. The van der Waals surface area contributed by atoms with Crippen molar-refractivity contribution in [3.8, 4) is 0 Å². The molecule has 0 spiro atoms. The summed E-state index contributed by atoms with van der Waals surface area (Å²) in [6.07, 6.45) is 2.89. The highest BCUT2D eigenvalue weighted by atomic mass is 16.5. The van der Waals surface area contributed by atoms with Crippen LogP contribution in [0.25, 0.3) is 10.9 Å². The van der Waals surface area contributed by atoms with E-state index in [0.717, 1.165) is 49.3 Å². The summed E-state index contributed by atoms with van der Waals surface area (Å²) in [5.74, 6) is -0.0861. The molecule has 0 atom stereocenters. The topological polar surface area (TPSA) is 76.5 Å². The van der Waals surface area contributed by atoms with Crippen LogP contribution in [0.5, 0.6) is 0 Å². The van der Waals surface area contributed by atoms with E-state index < -0.39 is 0 Å². The number of aryl methyl sites for hydroxylation is 1. The first kappa shape index (κ1) is 18.5. The summed E-state index contributed by atoms with van der Waals surface area (Å²) in [5.41, 5.74) is 1.95. The summed E-state index contributed by atoms with van der Waals surface area (Å²) >= 11 is 0. The van der Waals surface area contributed by atoms with Crippen molar-refractivity contribution in [1.82, 2.24) is 20.0 Å². The molecule has 26 heavy (non-hydrogen) atoms. The Kier molecular flexibility index (Phi) is 6.35. The molecule has 0 saturated carbocycles. The number of fused-ring (bicyclic) bond motifs is 1. The van der Waals surface area contributed by atoms with E-state index in [9.17, 15) is 9.59 Å². The summed E-state index contributed by atoms with van der Waals surface area (Å²) in [6.45, 7) is 6.85. The number of hydrogen-bond acceptors (Lipinski definition) is 5. The van der Waals surface area contributed by atoms with Gasteiger partial charge < -0.3 is 10.1 Å². The summed E-state index contributed by atoms with van der Waals surface area (Å²) < 4.78 is 6.73. The third-order valence-electron chi connectivity index (χ3n) is 4.61. The van der Waals surface area contributed by atoms with E-state index in [1.807, 2.05) is 25.1 Å². The summed E-state index contributed by atoms with van der Waals surface area (Å²) in [4.78, 5) is 26.5. The average Bonchev–Trinajstić information content (AvgIpc) is 3.05. The van der Waals surface area contributed by atoms with Crippen molar-refractivity contribution >= 4 is 22.7 Å². The van der Waals surface area contributed by atoms with Crippen molar-refractivity contribution in [1.29, 1.82) is 0 Å². The zero-order valence-corrected chi connectivity index (χ0v) is 15.2. The van der Waals surface area contributed by atoms with E-state index in [1.54, 1.807) is 6.20 Å². The lowest BCUT2D eigenvalue weighted by Gasteiger charge is -2.26. The molecule has 140 valence electrons. The number of aromatic nitrogens is 2. The number of carbonyl (C=O) groups is 2. The van der Waals surface area contributed by atoms with Gasteiger partial charge in [0.15, 0.2) is 0 Å². The molecule has 0 radical (unpaired) electrons. The number of amides is 1. The van der Waals surface area contributed by atoms with Crippen molar-refractivity contribution in [3.63, 3.8) is 0 Å². The first-order valence-electron chi connectivity index (χ1n) is 9.18. The predicted molar refractivity (Wildman–Crippen MR) is 99.2 cm³/mol. The first-order valence-corrected chi connectivity index (χ1v) is 9.18. The average molecular weight is 358 g/mol. The SMILES string of the molecule is Cc1ccc2c(cnn2C(=O)CCCC(=O)NCCN2CCOCC2)c1. The van der Waals surface area contributed by atoms with Crippen molar-refractivity contribution < 1.29 is 14.3 Å². The Morgan fingerprint density at radius 1 is 1.23 bits per heavy atom. The second kappa shape index (κ2) is 8.91. The number of nitrogens with zero attached hydrogens (tertiary/aromatic N) is 3. The Hall–Kier alpha value is -2.25. The number of nitrogens with one attached hydrogen (secondary N) is 1. The largest absolute Gasteiger partial charge is 0.379 e. The molecule has 1 N–H and O–H groups in total. The molecular weight excluding hydrogens is 332 g/mol. The van der Waals surface area contributed by atoms with Crippen LogP contribution < -0.4 is 5.32 Å². The summed E-state index contributed by atoms with van der Waals surface area (Å²) in [6, 6.07) is 5.89. The monoisotopic (exact) mass is 358 g/mol. The molecule has 7 heteroatoms. The zero-order valence-electron chi connectivity index (χ0n) is 15.2. The van der Waals surface area contributed by atoms with Gasteiger partial charge in [0.2, 0.25) is 11.8 Å². The zero-order chi connectivity index (χ0) is 18.4. The van der Waals surface area contributed by atoms with E-state index in [0.29, 0.717) is 25.8 Å². The van der Waals surface area contributed by atoms with Gasteiger partial charge in [0, 0.05) is 44.4 Å². The van der Waals surface area contributed by atoms with Gasteiger partial charge in [-0.1, -0.05) is 11.6 Å². The second-order valence-electron chi connectivity index (χ2n) is 6.67. The van der Waals surface area contributed by atoms with Gasteiger partial charge in [0.1, 0.15) is 0 Å². The summed E-state index contributed by atoms with van der Waals surface area (Å²) in [5, 5.41) is 8.06. The molecule has 2 aromatic rings. The Bertz CT molecular complexity index is 765. The van der Waals surface area contributed by atoms with Crippen molar-refractivity contribution in [2.24, 2.45) is 0 Å². The molecular formula is C19H26N4O3. The predicted octanol–water partition coefficient (Wildman–Crippen LogP) is 1.60. The van der Waals surface area contributed by atoms with Crippen LogP contribution in [0, 0.1) is 6.92 Å². The van der Waals surface area contributed by atoms with E-state index in [-0.39, 0.29) is 11.8 Å². The van der Waals surface area contributed by atoms with Gasteiger partial charge in [0.05, 0.1) is 24.9 Å². The van der Waals surface area contributed by atoms with Crippen LogP contribution in [0.3, 0.4) is 0 Å². The minimum atomic E-state index is -0.0787. The molecule has 0 bridgehead atoms. The van der Waals surface area contributed by atoms with Crippen LogP contribution in [0.2, 0.25) is 0 Å². The maximum Gasteiger partial charge on any atom is 0.247 e. The third-order valence-corrected chi connectivity index (χ3v) is 4.61. The van der Waals surface area contributed by atoms with Crippen LogP contribution in [-0.2, 0) is 9.53 Å². The fourth-order valence-electron chi connectivity index (χ4n) is 3.12. The van der Waals surface area contributed by atoms with Crippen LogP contribution in [-0.4, -0.2) is 65.9 Å². The molecule has 3 rings (SSSR count). The number of rotatable bonds is 7. The molecule has 1 aromatic carbocycles. The molecule has 2 heterocycles.